The van der Waals surface area contributed by atoms with Gasteiger partial charge in [0, 0.05) is 24.1 Å². The number of aromatic nitrogens is 1. The fourth-order valence-corrected chi connectivity index (χ4v) is 2.30. The van der Waals surface area contributed by atoms with Crippen LogP contribution in [0.2, 0.25) is 5.02 Å². The lowest BCUT2D eigenvalue weighted by Gasteiger charge is -2.12. The van der Waals surface area contributed by atoms with Crippen LogP contribution in [0.25, 0.3) is 0 Å². The van der Waals surface area contributed by atoms with Crippen molar-refractivity contribution < 1.29 is 4.79 Å². The molecule has 1 amide bonds. The first kappa shape index (κ1) is 15.5. The molecule has 1 N–H and O–H groups in total. The molecule has 4 nitrogen and oxygen atoms in total. The minimum absolute atomic E-state index is 0.255. The average Bonchev–Trinajstić information content (AvgIpc) is 2.37. The molecule has 0 atom stereocenters. The summed E-state index contributed by atoms with van der Waals surface area (Å²) in [5, 5.41) is 3.26. The summed E-state index contributed by atoms with van der Waals surface area (Å²) in [4.78, 5) is 18.4. The van der Waals surface area contributed by atoms with Crippen LogP contribution in [0.3, 0.4) is 0 Å². The first-order chi connectivity index (χ1) is 9.95. The molecule has 0 radical (unpaired) electrons. The minimum Gasteiger partial charge on any atom is -0.322 e. The van der Waals surface area contributed by atoms with Crippen LogP contribution in [0.1, 0.15) is 21.6 Å². The van der Waals surface area contributed by atoms with Gasteiger partial charge in [-0.2, -0.15) is 0 Å². The van der Waals surface area contributed by atoms with Crippen molar-refractivity contribution >= 4 is 23.2 Å². The number of pyridine rings is 1. The Morgan fingerprint density at radius 1 is 1.33 bits per heavy atom. The lowest BCUT2D eigenvalue weighted by atomic mass is 10.2. The first-order valence-corrected chi connectivity index (χ1v) is 7.00. The largest absolute Gasteiger partial charge is 0.322 e. The van der Waals surface area contributed by atoms with E-state index in [2.05, 4.69) is 15.2 Å². The number of carbonyl (C=O) groups is 1. The number of nitrogens with one attached hydrogen (secondary N) is 1. The van der Waals surface area contributed by atoms with Gasteiger partial charge in [0.05, 0.1) is 10.6 Å². The topological polar surface area (TPSA) is 45.2 Å². The number of aryl methyl sites for hydroxylation is 1. The normalized spacial score (nSPS) is 10.7. The van der Waals surface area contributed by atoms with Crippen LogP contribution < -0.4 is 5.32 Å². The fraction of sp³-hybridized carbons (Fsp3) is 0.250. The standard InChI is InChI=1S/C16H18ClN3O/c1-11-7-15(17)14(9-18-11)16(21)19-13-6-4-5-12(8-13)10-20(2)3/h4-9H,10H2,1-3H3,(H,19,21). The van der Waals surface area contributed by atoms with E-state index in [0.29, 0.717) is 10.6 Å². The zero-order valence-electron chi connectivity index (χ0n) is 12.4. The molecule has 0 spiro atoms. The van der Waals surface area contributed by atoms with Gasteiger partial charge in [0.15, 0.2) is 0 Å². The second kappa shape index (κ2) is 6.70. The van der Waals surface area contributed by atoms with Gasteiger partial charge in [0.25, 0.3) is 5.91 Å². The molecule has 0 saturated heterocycles. The Morgan fingerprint density at radius 3 is 2.76 bits per heavy atom. The van der Waals surface area contributed by atoms with E-state index in [9.17, 15) is 4.79 Å². The Hall–Kier alpha value is -1.91. The summed E-state index contributed by atoms with van der Waals surface area (Å²) in [6.45, 7) is 2.65. The second-order valence-corrected chi connectivity index (χ2v) is 5.61. The highest BCUT2D eigenvalue weighted by Gasteiger charge is 2.11. The number of halogens is 1. The monoisotopic (exact) mass is 303 g/mol. The molecule has 0 aliphatic rings. The van der Waals surface area contributed by atoms with Crippen LogP contribution in [0.5, 0.6) is 0 Å². The Labute approximate surface area is 129 Å². The molecule has 0 aliphatic carbocycles. The van der Waals surface area contributed by atoms with Crippen molar-refractivity contribution in [1.29, 1.82) is 0 Å². The van der Waals surface area contributed by atoms with Crippen LogP contribution in [0, 0.1) is 6.92 Å². The number of amides is 1. The van der Waals surface area contributed by atoms with Crippen molar-refractivity contribution in [2.75, 3.05) is 19.4 Å². The average molecular weight is 304 g/mol. The molecule has 21 heavy (non-hydrogen) atoms. The van der Waals surface area contributed by atoms with Gasteiger partial charge in [0.2, 0.25) is 0 Å². The van der Waals surface area contributed by atoms with Crippen molar-refractivity contribution in [1.82, 2.24) is 9.88 Å². The highest BCUT2D eigenvalue weighted by Crippen LogP contribution is 2.18. The highest BCUT2D eigenvalue weighted by atomic mass is 35.5. The molecule has 1 aromatic carbocycles. The Balaban J connectivity index is 2.15. The maximum Gasteiger partial charge on any atom is 0.258 e. The Morgan fingerprint density at radius 2 is 2.10 bits per heavy atom. The molecule has 0 bridgehead atoms. The molecule has 2 aromatic rings. The van der Waals surface area contributed by atoms with Crippen LogP contribution >= 0.6 is 11.6 Å². The summed E-state index contributed by atoms with van der Waals surface area (Å²) in [7, 11) is 4.01. The van der Waals surface area contributed by atoms with Gasteiger partial charge in [-0.3, -0.25) is 9.78 Å². The quantitative estimate of drug-likeness (QED) is 0.942. The molecular formula is C16H18ClN3O. The Kier molecular flexibility index (Phi) is 4.94. The van der Waals surface area contributed by atoms with E-state index in [1.54, 1.807) is 6.07 Å². The number of benzene rings is 1. The van der Waals surface area contributed by atoms with Crippen LogP contribution in [-0.4, -0.2) is 29.9 Å². The number of hydrogen-bond donors (Lipinski definition) is 1. The zero-order valence-corrected chi connectivity index (χ0v) is 13.1. The van der Waals surface area contributed by atoms with Crippen LogP contribution in [0.4, 0.5) is 5.69 Å². The van der Waals surface area contributed by atoms with E-state index in [-0.39, 0.29) is 5.91 Å². The number of rotatable bonds is 4. The summed E-state index contributed by atoms with van der Waals surface area (Å²) in [6.07, 6.45) is 1.50. The number of hydrogen-bond acceptors (Lipinski definition) is 3. The number of carbonyl (C=O) groups excluding carboxylic acids is 1. The van der Waals surface area contributed by atoms with E-state index >= 15 is 0 Å². The summed E-state index contributed by atoms with van der Waals surface area (Å²) >= 11 is 6.08. The van der Waals surface area contributed by atoms with Gasteiger partial charge in [-0.25, -0.2) is 0 Å². The van der Waals surface area contributed by atoms with E-state index in [4.69, 9.17) is 11.6 Å². The van der Waals surface area contributed by atoms with Crippen molar-refractivity contribution in [3.63, 3.8) is 0 Å². The third-order valence-corrected chi connectivity index (χ3v) is 3.23. The van der Waals surface area contributed by atoms with Crippen molar-refractivity contribution in [2.45, 2.75) is 13.5 Å². The van der Waals surface area contributed by atoms with Gasteiger partial charge in [0.1, 0.15) is 0 Å². The molecule has 5 heteroatoms. The van der Waals surface area contributed by atoms with E-state index < -0.39 is 0 Å². The second-order valence-electron chi connectivity index (χ2n) is 5.20. The maximum absolute atomic E-state index is 12.2. The molecule has 0 saturated carbocycles. The third-order valence-electron chi connectivity index (χ3n) is 2.92. The van der Waals surface area contributed by atoms with E-state index in [0.717, 1.165) is 23.5 Å². The van der Waals surface area contributed by atoms with E-state index in [1.807, 2.05) is 45.3 Å². The van der Waals surface area contributed by atoms with E-state index in [1.165, 1.54) is 6.20 Å². The molecule has 1 heterocycles. The summed E-state index contributed by atoms with van der Waals surface area (Å²) in [5.41, 5.74) is 3.03. The third kappa shape index (κ3) is 4.28. The first-order valence-electron chi connectivity index (χ1n) is 6.63. The summed E-state index contributed by atoms with van der Waals surface area (Å²) in [5.74, 6) is -0.255. The molecule has 2 rings (SSSR count). The molecule has 1 aromatic heterocycles. The lowest BCUT2D eigenvalue weighted by molar-refractivity contribution is 0.102. The van der Waals surface area contributed by atoms with Gasteiger partial charge in [-0.05, 0) is 44.8 Å². The van der Waals surface area contributed by atoms with Crippen molar-refractivity contribution in [2.24, 2.45) is 0 Å². The summed E-state index contributed by atoms with van der Waals surface area (Å²) < 4.78 is 0. The molecule has 0 aliphatic heterocycles. The van der Waals surface area contributed by atoms with Gasteiger partial charge < -0.3 is 10.2 Å². The van der Waals surface area contributed by atoms with Crippen LogP contribution in [0.15, 0.2) is 36.5 Å². The number of anilines is 1. The van der Waals surface area contributed by atoms with Gasteiger partial charge in [-0.1, -0.05) is 23.7 Å². The smallest absolute Gasteiger partial charge is 0.258 e. The predicted molar refractivity (Wildman–Crippen MR) is 85.8 cm³/mol. The van der Waals surface area contributed by atoms with Crippen molar-refractivity contribution in [3.8, 4) is 0 Å². The molecule has 110 valence electrons. The highest BCUT2D eigenvalue weighted by molar-refractivity contribution is 6.34. The predicted octanol–water partition coefficient (Wildman–Crippen LogP) is 3.36. The Bertz CT molecular complexity index is 656. The lowest BCUT2D eigenvalue weighted by Crippen LogP contribution is -2.14. The molecular weight excluding hydrogens is 286 g/mol. The van der Waals surface area contributed by atoms with Crippen LogP contribution in [-0.2, 0) is 6.54 Å². The zero-order chi connectivity index (χ0) is 15.4. The van der Waals surface area contributed by atoms with Gasteiger partial charge in [-0.15, -0.1) is 0 Å². The number of nitrogens with zero attached hydrogens (tertiary/aromatic N) is 2. The molecule has 0 fully saturated rings. The minimum atomic E-state index is -0.255. The maximum atomic E-state index is 12.2. The fourth-order valence-electron chi connectivity index (χ4n) is 2.00. The van der Waals surface area contributed by atoms with Gasteiger partial charge >= 0.3 is 0 Å². The summed E-state index contributed by atoms with van der Waals surface area (Å²) in [6, 6.07) is 9.43. The SMILES string of the molecule is Cc1cc(Cl)c(C(=O)Nc2cccc(CN(C)C)c2)cn1. The van der Waals surface area contributed by atoms with Crippen molar-refractivity contribution in [3.05, 3.63) is 58.4 Å². The molecule has 0 unspecified atom stereocenters.